The fraction of sp³-hybridized carbons (Fsp3) is 0.143. The third-order valence-electron chi connectivity index (χ3n) is 5.53. The first-order chi connectivity index (χ1) is 17.1. The zero-order chi connectivity index (χ0) is 25.9. The van der Waals surface area contributed by atoms with Gasteiger partial charge in [0.15, 0.2) is 5.82 Å². The fourth-order valence-corrected chi connectivity index (χ4v) is 3.74. The molecular weight excluding hydrogens is 478 g/mol. The Labute approximate surface area is 204 Å². The minimum atomic E-state index is -4.72. The van der Waals surface area contributed by atoms with Gasteiger partial charge < -0.3 is 0 Å². The molecule has 0 saturated carbocycles. The van der Waals surface area contributed by atoms with Crippen LogP contribution in [0.2, 0.25) is 0 Å². The number of halogens is 6. The van der Waals surface area contributed by atoms with Crippen molar-refractivity contribution in [1.82, 2.24) is 9.97 Å². The van der Waals surface area contributed by atoms with Crippen molar-refractivity contribution >= 4 is 6.08 Å². The Kier molecular flexibility index (Phi) is 7.24. The van der Waals surface area contributed by atoms with Gasteiger partial charge in [0.25, 0.3) is 0 Å². The van der Waals surface area contributed by atoms with Crippen molar-refractivity contribution in [1.29, 1.82) is 0 Å². The Morgan fingerprint density at radius 3 is 1.86 bits per heavy atom. The van der Waals surface area contributed by atoms with Crippen LogP contribution in [0.5, 0.6) is 0 Å². The van der Waals surface area contributed by atoms with Gasteiger partial charge in [-0.05, 0) is 47.4 Å². The van der Waals surface area contributed by atoms with Gasteiger partial charge in [0, 0.05) is 40.7 Å². The molecular formula is C28H20F6N2. The molecule has 0 fully saturated rings. The van der Waals surface area contributed by atoms with Gasteiger partial charge in [0.1, 0.15) is 17.5 Å². The van der Waals surface area contributed by atoms with Crippen LogP contribution in [0.1, 0.15) is 24.5 Å². The maximum Gasteiger partial charge on any atom is 0.409 e. The van der Waals surface area contributed by atoms with Gasteiger partial charge >= 0.3 is 6.18 Å². The topological polar surface area (TPSA) is 25.8 Å². The van der Waals surface area contributed by atoms with E-state index in [9.17, 15) is 26.3 Å². The summed E-state index contributed by atoms with van der Waals surface area (Å²) in [6.45, 7) is 2.11. The molecule has 0 radical (unpaired) electrons. The van der Waals surface area contributed by atoms with E-state index >= 15 is 0 Å². The predicted octanol–water partition coefficient (Wildman–Crippen LogP) is 8.42. The van der Waals surface area contributed by atoms with E-state index in [1.807, 2.05) is 24.3 Å². The molecule has 0 aliphatic carbocycles. The third-order valence-corrected chi connectivity index (χ3v) is 5.53. The summed E-state index contributed by atoms with van der Waals surface area (Å²) in [6, 6.07) is 13.6. The van der Waals surface area contributed by atoms with Crippen molar-refractivity contribution in [2.45, 2.75) is 25.9 Å². The van der Waals surface area contributed by atoms with Crippen molar-refractivity contribution in [3.05, 3.63) is 102 Å². The summed E-state index contributed by atoms with van der Waals surface area (Å²) >= 11 is 0. The molecule has 0 aliphatic rings. The van der Waals surface area contributed by atoms with Crippen LogP contribution in [0.15, 0.2) is 73.1 Å². The van der Waals surface area contributed by atoms with Gasteiger partial charge in [-0.25, -0.2) is 23.1 Å². The van der Waals surface area contributed by atoms with Crippen molar-refractivity contribution < 1.29 is 26.3 Å². The number of hydrogen-bond acceptors (Lipinski definition) is 2. The maximum absolute atomic E-state index is 14.9. The normalized spacial score (nSPS) is 11.9. The van der Waals surface area contributed by atoms with Gasteiger partial charge in [0.2, 0.25) is 0 Å². The smallest absolute Gasteiger partial charge is 0.236 e. The average molecular weight is 498 g/mol. The number of aromatic nitrogens is 2. The van der Waals surface area contributed by atoms with E-state index in [1.165, 1.54) is 17.7 Å². The van der Waals surface area contributed by atoms with E-state index < -0.39 is 29.2 Å². The molecule has 36 heavy (non-hydrogen) atoms. The van der Waals surface area contributed by atoms with Crippen LogP contribution in [0, 0.1) is 17.5 Å². The highest BCUT2D eigenvalue weighted by Crippen LogP contribution is 2.31. The van der Waals surface area contributed by atoms with E-state index in [0.29, 0.717) is 11.6 Å². The van der Waals surface area contributed by atoms with E-state index in [4.69, 9.17) is 0 Å². The molecule has 1 heterocycles. The molecule has 184 valence electrons. The van der Waals surface area contributed by atoms with E-state index in [-0.39, 0.29) is 23.0 Å². The zero-order valence-corrected chi connectivity index (χ0v) is 19.1. The van der Waals surface area contributed by atoms with Crippen LogP contribution in [-0.2, 0) is 6.42 Å². The number of benzene rings is 3. The number of allylic oxidation sites excluding steroid dienone is 1. The molecule has 8 heteroatoms. The summed E-state index contributed by atoms with van der Waals surface area (Å²) in [7, 11) is 0. The fourth-order valence-electron chi connectivity index (χ4n) is 3.74. The SMILES string of the molecule is CCCc1ccc(-c2cnc(-c3ccc(-c4cc(F)c(C=CC(F)(F)F)c(F)c4)c(F)c3)nc2)cc1. The number of alkyl halides is 3. The van der Waals surface area contributed by atoms with E-state index in [2.05, 4.69) is 16.9 Å². The second kappa shape index (κ2) is 10.4. The maximum atomic E-state index is 14.9. The summed E-state index contributed by atoms with van der Waals surface area (Å²) in [5.74, 6) is -3.01. The van der Waals surface area contributed by atoms with Crippen LogP contribution in [0.25, 0.3) is 39.7 Å². The van der Waals surface area contributed by atoms with Crippen molar-refractivity contribution in [2.24, 2.45) is 0 Å². The monoisotopic (exact) mass is 498 g/mol. The third kappa shape index (κ3) is 5.82. The second-order valence-corrected chi connectivity index (χ2v) is 8.17. The molecule has 4 rings (SSSR count). The first kappa shape index (κ1) is 25.2. The molecule has 0 atom stereocenters. The number of hydrogen-bond donors (Lipinski definition) is 0. The lowest BCUT2D eigenvalue weighted by atomic mass is 10.00. The van der Waals surface area contributed by atoms with Crippen LogP contribution in [-0.4, -0.2) is 16.1 Å². The van der Waals surface area contributed by atoms with Gasteiger partial charge in [-0.2, -0.15) is 13.2 Å². The van der Waals surface area contributed by atoms with Crippen LogP contribution >= 0.6 is 0 Å². The summed E-state index contributed by atoms with van der Waals surface area (Å²) < 4.78 is 80.5. The van der Waals surface area contributed by atoms with E-state index in [0.717, 1.165) is 42.2 Å². The Hall–Kier alpha value is -3.94. The molecule has 2 nitrogen and oxygen atoms in total. The molecule has 4 aromatic rings. The highest BCUT2D eigenvalue weighted by Gasteiger charge is 2.23. The number of aryl methyl sites for hydroxylation is 1. The molecule has 0 saturated heterocycles. The number of rotatable bonds is 6. The molecule has 3 aromatic carbocycles. The van der Waals surface area contributed by atoms with Crippen LogP contribution < -0.4 is 0 Å². The Morgan fingerprint density at radius 2 is 1.31 bits per heavy atom. The highest BCUT2D eigenvalue weighted by molar-refractivity contribution is 5.71. The quantitative estimate of drug-likeness (QED) is 0.249. The second-order valence-electron chi connectivity index (χ2n) is 8.17. The Bertz CT molecular complexity index is 1370. The Balaban J connectivity index is 1.57. The number of nitrogens with zero attached hydrogens (tertiary/aromatic N) is 2. The van der Waals surface area contributed by atoms with Gasteiger partial charge in [-0.3, -0.25) is 0 Å². The first-order valence-corrected chi connectivity index (χ1v) is 11.1. The summed E-state index contributed by atoms with van der Waals surface area (Å²) in [5.41, 5.74) is 2.20. The lowest BCUT2D eigenvalue weighted by Crippen LogP contribution is -2.01. The summed E-state index contributed by atoms with van der Waals surface area (Å²) in [6.07, 6.45) is 0.614. The standard InChI is InChI=1S/C28H20F6N2/c1-2-3-17-4-6-18(7-5-17)21-15-35-27(36-16-21)19-8-9-22(24(29)12-19)20-13-25(30)23(26(31)14-20)10-11-28(32,33)34/h4-16H,2-3H2,1H3. The zero-order valence-electron chi connectivity index (χ0n) is 19.1. The molecule has 0 unspecified atom stereocenters. The van der Waals surface area contributed by atoms with Gasteiger partial charge in [0.05, 0.1) is 0 Å². The minimum absolute atomic E-state index is 0.119. The molecule has 0 amide bonds. The Morgan fingerprint density at radius 1 is 0.722 bits per heavy atom. The van der Waals surface area contributed by atoms with Crippen LogP contribution in [0.4, 0.5) is 26.3 Å². The highest BCUT2D eigenvalue weighted by atomic mass is 19.4. The van der Waals surface area contributed by atoms with Crippen molar-refractivity contribution in [2.75, 3.05) is 0 Å². The molecule has 0 N–H and O–H groups in total. The lowest BCUT2D eigenvalue weighted by Gasteiger charge is -2.09. The molecule has 0 aliphatic heterocycles. The molecule has 0 bridgehead atoms. The van der Waals surface area contributed by atoms with E-state index in [1.54, 1.807) is 12.4 Å². The summed E-state index contributed by atoms with van der Waals surface area (Å²) in [4.78, 5) is 8.62. The minimum Gasteiger partial charge on any atom is -0.236 e. The first-order valence-electron chi connectivity index (χ1n) is 11.1. The predicted molar refractivity (Wildman–Crippen MR) is 127 cm³/mol. The van der Waals surface area contributed by atoms with Gasteiger partial charge in [-0.15, -0.1) is 0 Å². The largest absolute Gasteiger partial charge is 0.409 e. The average Bonchev–Trinajstić information content (AvgIpc) is 2.83. The van der Waals surface area contributed by atoms with Crippen molar-refractivity contribution in [3.8, 4) is 33.6 Å². The van der Waals surface area contributed by atoms with Crippen LogP contribution in [0.3, 0.4) is 0 Å². The van der Waals surface area contributed by atoms with Gasteiger partial charge in [-0.1, -0.05) is 49.7 Å². The lowest BCUT2D eigenvalue weighted by molar-refractivity contribution is -0.0790. The summed E-state index contributed by atoms with van der Waals surface area (Å²) in [5, 5.41) is 0. The molecule has 1 aromatic heterocycles. The van der Waals surface area contributed by atoms with Crippen molar-refractivity contribution in [3.63, 3.8) is 0 Å². The molecule has 0 spiro atoms.